The molecule has 1 saturated heterocycles. The molecule has 2 aromatic rings. The molecule has 1 aliphatic heterocycles. The Bertz CT molecular complexity index is 653. The van der Waals surface area contributed by atoms with Crippen LogP contribution in [0.25, 0.3) is 11.3 Å². The molecule has 1 aromatic heterocycles. The highest BCUT2D eigenvalue weighted by Crippen LogP contribution is 2.29. The number of furan rings is 1. The first-order valence-corrected chi connectivity index (χ1v) is 8.85. The number of halogens is 1. The lowest BCUT2D eigenvalue weighted by atomic mass is 10.1. The van der Waals surface area contributed by atoms with Crippen molar-refractivity contribution in [2.75, 3.05) is 19.6 Å². The lowest BCUT2D eigenvalue weighted by Crippen LogP contribution is -2.37. The molecular formula is C19H25ClN2O. The minimum Gasteiger partial charge on any atom is -0.460 e. The highest BCUT2D eigenvalue weighted by atomic mass is 35.5. The largest absolute Gasteiger partial charge is 0.460 e. The third-order valence-electron chi connectivity index (χ3n) is 4.78. The summed E-state index contributed by atoms with van der Waals surface area (Å²) in [5.74, 6) is 1.86. The first-order chi connectivity index (χ1) is 11.2. The Kier molecular flexibility index (Phi) is 5.42. The lowest BCUT2D eigenvalue weighted by Gasteiger charge is -2.22. The Morgan fingerprint density at radius 1 is 1.30 bits per heavy atom. The Labute approximate surface area is 143 Å². The Hall–Kier alpha value is -1.29. The molecule has 3 rings (SSSR count). The summed E-state index contributed by atoms with van der Waals surface area (Å²) in [5.41, 5.74) is 2.13. The highest BCUT2D eigenvalue weighted by molar-refractivity contribution is 6.31. The fourth-order valence-corrected chi connectivity index (χ4v) is 3.57. The molecule has 3 nitrogen and oxygen atoms in total. The molecule has 23 heavy (non-hydrogen) atoms. The van der Waals surface area contributed by atoms with Crippen molar-refractivity contribution in [3.8, 4) is 11.3 Å². The van der Waals surface area contributed by atoms with E-state index in [0.717, 1.165) is 47.3 Å². The second kappa shape index (κ2) is 7.52. The van der Waals surface area contributed by atoms with Gasteiger partial charge in [-0.2, -0.15) is 0 Å². The standard InChI is InChI=1S/C19H25ClN2O/c1-3-22-11-5-6-15(22)12-21-13-16-9-10-19(23-16)17-7-4-8-18(20)14(17)2/h4,7-10,15,21H,3,5-6,11-13H2,1-2H3/t15-/m1/s1. The van der Waals surface area contributed by atoms with Crippen LogP contribution in [0.5, 0.6) is 0 Å². The van der Waals surface area contributed by atoms with Crippen LogP contribution in [0.2, 0.25) is 5.02 Å². The number of rotatable bonds is 6. The maximum absolute atomic E-state index is 6.20. The van der Waals surface area contributed by atoms with Crippen molar-refractivity contribution in [3.05, 3.63) is 46.7 Å². The fourth-order valence-electron chi connectivity index (χ4n) is 3.40. The van der Waals surface area contributed by atoms with Gasteiger partial charge in [0.25, 0.3) is 0 Å². The van der Waals surface area contributed by atoms with Crippen LogP contribution in [-0.4, -0.2) is 30.6 Å². The number of likely N-dealkylation sites (tertiary alicyclic amines) is 1. The van der Waals surface area contributed by atoms with Crippen molar-refractivity contribution < 1.29 is 4.42 Å². The summed E-state index contributed by atoms with van der Waals surface area (Å²) in [4.78, 5) is 2.55. The molecule has 1 aromatic carbocycles. The molecule has 124 valence electrons. The molecule has 0 radical (unpaired) electrons. The fraction of sp³-hybridized carbons (Fsp3) is 0.474. The molecule has 1 N–H and O–H groups in total. The molecule has 0 amide bonds. The van der Waals surface area contributed by atoms with E-state index in [-0.39, 0.29) is 0 Å². The number of hydrogen-bond acceptors (Lipinski definition) is 3. The molecule has 1 atom stereocenters. The molecule has 1 fully saturated rings. The van der Waals surface area contributed by atoms with Crippen molar-refractivity contribution in [2.45, 2.75) is 39.3 Å². The van der Waals surface area contributed by atoms with E-state index >= 15 is 0 Å². The summed E-state index contributed by atoms with van der Waals surface area (Å²) in [5, 5.41) is 4.31. The van der Waals surface area contributed by atoms with Crippen LogP contribution in [-0.2, 0) is 6.54 Å². The minimum atomic E-state index is 0.671. The summed E-state index contributed by atoms with van der Waals surface area (Å²) in [7, 11) is 0. The van der Waals surface area contributed by atoms with Gasteiger partial charge >= 0.3 is 0 Å². The molecule has 4 heteroatoms. The van der Waals surface area contributed by atoms with E-state index in [1.54, 1.807) is 0 Å². The van der Waals surface area contributed by atoms with Crippen LogP contribution in [0.15, 0.2) is 34.7 Å². The van der Waals surface area contributed by atoms with Crippen LogP contribution in [0, 0.1) is 6.92 Å². The molecule has 0 unspecified atom stereocenters. The number of nitrogens with zero attached hydrogens (tertiary/aromatic N) is 1. The normalized spacial score (nSPS) is 18.7. The number of benzene rings is 1. The van der Waals surface area contributed by atoms with Gasteiger partial charge in [-0.15, -0.1) is 0 Å². The van der Waals surface area contributed by atoms with Crippen molar-refractivity contribution in [2.24, 2.45) is 0 Å². The predicted molar refractivity (Wildman–Crippen MR) is 95.9 cm³/mol. The van der Waals surface area contributed by atoms with E-state index in [9.17, 15) is 0 Å². The maximum atomic E-state index is 6.20. The zero-order chi connectivity index (χ0) is 16.2. The highest BCUT2D eigenvalue weighted by Gasteiger charge is 2.22. The van der Waals surface area contributed by atoms with Gasteiger partial charge in [0.2, 0.25) is 0 Å². The second-order valence-corrected chi connectivity index (χ2v) is 6.64. The van der Waals surface area contributed by atoms with E-state index in [1.165, 1.54) is 19.4 Å². The molecule has 0 saturated carbocycles. The minimum absolute atomic E-state index is 0.671. The van der Waals surface area contributed by atoms with Crippen molar-refractivity contribution in [3.63, 3.8) is 0 Å². The van der Waals surface area contributed by atoms with Gasteiger partial charge in [-0.3, -0.25) is 4.90 Å². The topological polar surface area (TPSA) is 28.4 Å². The summed E-state index contributed by atoms with van der Waals surface area (Å²) in [6.45, 7) is 8.45. The Balaban J connectivity index is 1.58. The van der Waals surface area contributed by atoms with Gasteiger partial charge in [-0.1, -0.05) is 30.7 Å². The van der Waals surface area contributed by atoms with E-state index in [4.69, 9.17) is 16.0 Å². The second-order valence-electron chi connectivity index (χ2n) is 6.23. The van der Waals surface area contributed by atoms with Gasteiger partial charge in [-0.25, -0.2) is 0 Å². The third kappa shape index (κ3) is 3.79. The molecule has 0 aliphatic carbocycles. The van der Waals surface area contributed by atoms with Crippen molar-refractivity contribution in [1.82, 2.24) is 10.2 Å². The van der Waals surface area contributed by atoms with E-state index in [2.05, 4.69) is 29.3 Å². The van der Waals surface area contributed by atoms with E-state index < -0.39 is 0 Å². The zero-order valence-electron chi connectivity index (χ0n) is 13.9. The van der Waals surface area contributed by atoms with Gasteiger partial charge in [0.1, 0.15) is 11.5 Å². The zero-order valence-corrected chi connectivity index (χ0v) is 14.7. The van der Waals surface area contributed by atoms with Crippen molar-refractivity contribution >= 4 is 11.6 Å². The van der Waals surface area contributed by atoms with Crippen LogP contribution >= 0.6 is 11.6 Å². The first kappa shape index (κ1) is 16.6. The monoisotopic (exact) mass is 332 g/mol. The predicted octanol–water partition coefficient (Wildman–Crippen LogP) is 4.48. The quantitative estimate of drug-likeness (QED) is 0.845. The first-order valence-electron chi connectivity index (χ1n) is 8.48. The van der Waals surface area contributed by atoms with Crippen molar-refractivity contribution in [1.29, 1.82) is 0 Å². The Morgan fingerprint density at radius 2 is 2.17 bits per heavy atom. The van der Waals surface area contributed by atoms with Gasteiger partial charge < -0.3 is 9.73 Å². The maximum Gasteiger partial charge on any atom is 0.134 e. The summed E-state index contributed by atoms with van der Waals surface area (Å²) in [6.07, 6.45) is 2.62. The summed E-state index contributed by atoms with van der Waals surface area (Å²) < 4.78 is 5.99. The Morgan fingerprint density at radius 3 is 3.00 bits per heavy atom. The summed E-state index contributed by atoms with van der Waals surface area (Å²) in [6, 6.07) is 10.7. The lowest BCUT2D eigenvalue weighted by molar-refractivity contribution is 0.258. The van der Waals surface area contributed by atoms with Crippen LogP contribution < -0.4 is 5.32 Å². The van der Waals surface area contributed by atoms with Gasteiger partial charge in [0.05, 0.1) is 6.54 Å². The van der Waals surface area contributed by atoms with E-state index in [0.29, 0.717) is 6.04 Å². The van der Waals surface area contributed by atoms with Gasteiger partial charge in [0, 0.05) is 23.2 Å². The number of hydrogen-bond donors (Lipinski definition) is 1. The third-order valence-corrected chi connectivity index (χ3v) is 5.19. The van der Waals surface area contributed by atoms with Gasteiger partial charge in [-0.05, 0) is 56.6 Å². The summed E-state index contributed by atoms with van der Waals surface area (Å²) >= 11 is 6.20. The SMILES string of the molecule is CCN1CCC[C@@H]1CNCc1ccc(-c2cccc(Cl)c2C)o1. The van der Waals surface area contributed by atoms with Gasteiger partial charge in [0.15, 0.2) is 0 Å². The molecular weight excluding hydrogens is 308 g/mol. The van der Waals surface area contributed by atoms with E-state index in [1.807, 2.05) is 25.1 Å². The van der Waals surface area contributed by atoms with Crippen LogP contribution in [0.4, 0.5) is 0 Å². The molecule has 0 bridgehead atoms. The van der Waals surface area contributed by atoms with Crippen LogP contribution in [0.1, 0.15) is 31.1 Å². The molecule has 0 spiro atoms. The molecule has 1 aliphatic rings. The smallest absolute Gasteiger partial charge is 0.134 e. The number of nitrogens with one attached hydrogen (secondary N) is 1. The average molecular weight is 333 g/mol. The average Bonchev–Trinajstić information content (AvgIpc) is 3.19. The molecule has 2 heterocycles. The number of likely N-dealkylation sites (N-methyl/N-ethyl adjacent to an activating group) is 1. The van der Waals surface area contributed by atoms with Crippen LogP contribution in [0.3, 0.4) is 0 Å².